The van der Waals surface area contributed by atoms with Crippen LogP contribution in [0, 0.1) is 0 Å². The van der Waals surface area contributed by atoms with Gasteiger partial charge in [-0.05, 0) is 33.1 Å². The number of hydrogen-bond acceptors (Lipinski definition) is 2. The molecule has 0 rings (SSSR count). The van der Waals surface area contributed by atoms with E-state index in [1.54, 1.807) is 6.92 Å². The Morgan fingerprint density at radius 1 is 1.47 bits per heavy atom. The number of carbonyl (C=O) groups is 1. The van der Waals surface area contributed by atoms with Gasteiger partial charge in [-0.3, -0.25) is 4.79 Å². The van der Waals surface area contributed by atoms with E-state index in [1.165, 1.54) is 6.08 Å². The molecule has 0 bridgehead atoms. The Labute approximate surface area is 91.1 Å². The summed E-state index contributed by atoms with van der Waals surface area (Å²) in [6.45, 7) is 7.16. The van der Waals surface area contributed by atoms with Gasteiger partial charge in [0.05, 0.1) is 5.60 Å². The summed E-state index contributed by atoms with van der Waals surface area (Å²) in [7, 11) is 0. The van der Waals surface area contributed by atoms with E-state index in [0.29, 0.717) is 12.8 Å². The molecule has 0 aromatic heterocycles. The summed E-state index contributed by atoms with van der Waals surface area (Å²) >= 11 is 0. The summed E-state index contributed by atoms with van der Waals surface area (Å²) in [5.74, 6) is -0.777. The zero-order valence-corrected chi connectivity index (χ0v) is 9.49. The number of carboxylic acid groups (broad SMARTS) is 1. The Morgan fingerprint density at radius 2 is 2.07 bits per heavy atom. The molecule has 0 amide bonds. The van der Waals surface area contributed by atoms with Gasteiger partial charge in [0.2, 0.25) is 0 Å². The zero-order valence-electron chi connectivity index (χ0n) is 9.49. The van der Waals surface area contributed by atoms with Crippen LogP contribution in [0.4, 0.5) is 0 Å². The third kappa shape index (κ3) is 7.94. The van der Waals surface area contributed by atoms with E-state index < -0.39 is 11.6 Å². The van der Waals surface area contributed by atoms with Crippen molar-refractivity contribution < 1.29 is 15.0 Å². The molecule has 3 nitrogen and oxygen atoms in total. The largest absolute Gasteiger partial charge is 0.481 e. The van der Waals surface area contributed by atoms with E-state index in [0.717, 1.165) is 12.0 Å². The number of aliphatic carboxylic acids is 1. The predicted molar refractivity (Wildman–Crippen MR) is 60.7 cm³/mol. The molecule has 1 atom stereocenters. The lowest BCUT2D eigenvalue weighted by Gasteiger charge is -2.16. The fraction of sp³-hybridized carbons (Fsp3) is 0.583. The molecule has 86 valence electrons. The van der Waals surface area contributed by atoms with E-state index >= 15 is 0 Å². The summed E-state index contributed by atoms with van der Waals surface area (Å²) in [4.78, 5) is 10.3. The van der Waals surface area contributed by atoms with Gasteiger partial charge in [0.25, 0.3) is 0 Å². The average molecular weight is 212 g/mol. The molecule has 1 unspecified atom stereocenters. The van der Waals surface area contributed by atoms with E-state index in [9.17, 15) is 9.90 Å². The summed E-state index contributed by atoms with van der Waals surface area (Å²) in [5, 5.41) is 18.1. The molecule has 0 fully saturated rings. The lowest BCUT2D eigenvalue weighted by Crippen LogP contribution is -2.19. The molecule has 0 aliphatic rings. The van der Waals surface area contributed by atoms with Gasteiger partial charge in [-0.1, -0.05) is 17.7 Å². The lowest BCUT2D eigenvalue weighted by molar-refractivity contribution is -0.136. The third-order valence-electron chi connectivity index (χ3n) is 2.32. The number of allylic oxidation sites excluding steroid dienone is 2. The van der Waals surface area contributed by atoms with Crippen molar-refractivity contribution in [3.8, 4) is 0 Å². The van der Waals surface area contributed by atoms with Gasteiger partial charge in [0.15, 0.2) is 0 Å². The van der Waals surface area contributed by atoms with Crippen molar-refractivity contribution in [1.82, 2.24) is 0 Å². The van der Waals surface area contributed by atoms with Crippen LogP contribution in [0.1, 0.15) is 39.5 Å². The first-order valence-electron chi connectivity index (χ1n) is 5.11. The Bertz CT molecular complexity index is 252. The first-order chi connectivity index (χ1) is 6.87. The fourth-order valence-electron chi connectivity index (χ4n) is 1.12. The molecule has 0 saturated carbocycles. The SMILES string of the molecule is C=CC(C)(O)CCC=C(C)CCC(=O)O. The van der Waals surface area contributed by atoms with Crippen LogP contribution in [-0.2, 0) is 4.79 Å². The highest BCUT2D eigenvalue weighted by atomic mass is 16.4. The molecule has 0 radical (unpaired) electrons. The second-order valence-electron chi connectivity index (χ2n) is 4.04. The van der Waals surface area contributed by atoms with Crippen LogP contribution in [0.5, 0.6) is 0 Å². The molecule has 0 aliphatic heterocycles. The molecule has 0 saturated heterocycles. The van der Waals surface area contributed by atoms with E-state index in [2.05, 4.69) is 6.58 Å². The van der Waals surface area contributed by atoms with Gasteiger partial charge in [-0.2, -0.15) is 0 Å². The first kappa shape index (κ1) is 13.9. The normalized spacial score (nSPS) is 15.8. The van der Waals surface area contributed by atoms with Crippen LogP contribution in [0.3, 0.4) is 0 Å². The summed E-state index contributed by atoms with van der Waals surface area (Å²) in [6.07, 6.45) is 5.59. The minimum atomic E-state index is -0.830. The van der Waals surface area contributed by atoms with Crippen LogP contribution in [0.25, 0.3) is 0 Å². The summed E-state index contributed by atoms with van der Waals surface area (Å²) in [5.41, 5.74) is 0.223. The van der Waals surface area contributed by atoms with Crippen molar-refractivity contribution in [3.63, 3.8) is 0 Å². The number of carboxylic acids is 1. The second kappa shape index (κ2) is 6.40. The first-order valence-corrected chi connectivity index (χ1v) is 5.11. The van der Waals surface area contributed by atoms with Crippen molar-refractivity contribution in [3.05, 3.63) is 24.3 Å². The maximum atomic E-state index is 10.3. The summed E-state index contributed by atoms with van der Waals surface area (Å²) in [6, 6.07) is 0. The lowest BCUT2D eigenvalue weighted by atomic mass is 9.99. The molecule has 0 aromatic carbocycles. The Morgan fingerprint density at radius 3 is 2.53 bits per heavy atom. The highest BCUT2D eigenvalue weighted by molar-refractivity contribution is 5.66. The Balaban J connectivity index is 3.86. The zero-order chi connectivity index (χ0) is 11.9. The smallest absolute Gasteiger partial charge is 0.303 e. The van der Waals surface area contributed by atoms with E-state index in [-0.39, 0.29) is 6.42 Å². The molecule has 15 heavy (non-hydrogen) atoms. The van der Waals surface area contributed by atoms with Crippen molar-refractivity contribution in [2.75, 3.05) is 0 Å². The van der Waals surface area contributed by atoms with Gasteiger partial charge in [0.1, 0.15) is 0 Å². The van der Waals surface area contributed by atoms with E-state index in [1.807, 2.05) is 13.0 Å². The van der Waals surface area contributed by atoms with Gasteiger partial charge < -0.3 is 10.2 Å². The van der Waals surface area contributed by atoms with Gasteiger partial charge in [-0.15, -0.1) is 6.58 Å². The number of rotatable bonds is 7. The summed E-state index contributed by atoms with van der Waals surface area (Å²) < 4.78 is 0. The quantitative estimate of drug-likeness (QED) is 0.637. The fourth-order valence-corrected chi connectivity index (χ4v) is 1.12. The van der Waals surface area contributed by atoms with Crippen LogP contribution in [0.2, 0.25) is 0 Å². The van der Waals surface area contributed by atoms with Crippen LogP contribution >= 0.6 is 0 Å². The second-order valence-corrected chi connectivity index (χ2v) is 4.04. The molecule has 0 spiro atoms. The molecule has 0 heterocycles. The van der Waals surface area contributed by atoms with Crippen molar-refractivity contribution in [1.29, 1.82) is 0 Å². The Kier molecular flexibility index (Phi) is 5.94. The van der Waals surface area contributed by atoms with Crippen molar-refractivity contribution in [2.45, 2.75) is 45.1 Å². The van der Waals surface area contributed by atoms with E-state index in [4.69, 9.17) is 5.11 Å². The minimum Gasteiger partial charge on any atom is -0.481 e. The molecule has 0 aromatic rings. The molecular weight excluding hydrogens is 192 g/mol. The number of aliphatic hydroxyl groups is 1. The van der Waals surface area contributed by atoms with Crippen molar-refractivity contribution in [2.24, 2.45) is 0 Å². The maximum absolute atomic E-state index is 10.3. The standard InChI is InChI=1S/C12H20O3/c1-4-12(3,15)9-5-6-10(2)7-8-11(13)14/h4,6,15H,1,5,7-9H2,2-3H3,(H,13,14). The molecule has 2 N–H and O–H groups in total. The van der Waals surface area contributed by atoms with Crippen LogP contribution in [0.15, 0.2) is 24.3 Å². The molecular formula is C12H20O3. The average Bonchev–Trinajstić information content (AvgIpc) is 2.14. The molecule has 3 heteroatoms. The predicted octanol–water partition coefficient (Wildman–Crippen LogP) is 2.51. The van der Waals surface area contributed by atoms with Crippen LogP contribution in [-0.4, -0.2) is 21.8 Å². The third-order valence-corrected chi connectivity index (χ3v) is 2.32. The maximum Gasteiger partial charge on any atom is 0.303 e. The minimum absolute atomic E-state index is 0.167. The van der Waals surface area contributed by atoms with Crippen molar-refractivity contribution >= 4 is 5.97 Å². The number of hydrogen-bond donors (Lipinski definition) is 2. The van der Waals surface area contributed by atoms with Gasteiger partial charge in [0, 0.05) is 6.42 Å². The monoisotopic (exact) mass is 212 g/mol. The van der Waals surface area contributed by atoms with Crippen LogP contribution < -0.4 is 0 Å². The highest BCUT2D eigenvalue weighted by Crippen LogP contribution is 2.15. The Hall–Kier alpha value is -1.09. The van der Waals surface area contributed by atoms with Gasteiger partial charge in [-0.25, -0.2) is 0 Å². The topological polar surface area (TPSA) is 57.5 Å². The molecule has 0 aliphatic carbocycles. The van der Waals surface area contributed by atoms with Gasteiger partial charge >= 0.3 is 5.97 Å². The highest BCUT2D eigenvalue weighted by Gasteiger charge is 2.13.